The Morgan fingerprint density at radius 2 is 1.52 bits per heavy atom. The highest BCUT2D eigenvalue weighted by Gasteiger charge is 2.30. The molecule has 2 unspecified atom stereocenters. The third-order valence-electron chi connectivity index (χ3n) is 5.02. The summed E-state index contributed by atoms with van der Waals surface area (Å²) in [7, 11) is 2.53. The lowest BCUT2D eigenvalue weighted by molar-refractivity contribution is -0.146. The second-order valence-corrected chi connectivity index (χ2v) is 8.33. The SMILES string of the molecule is CC.CC.CCC(C)(PC)C(=O)OCCN(C)c1ccc(-c2ccc(C#N)cc2)cc1. The predicted octanol–water partition coefficient (Wildman–Crippen LogP) is 6.73. The van der Waals surface area contributed by atoms with Crippen LogP contribution in [0.1, 0.15) is 53.5 Å². The maximum atomic E-state index is 12.2. The standard InChI is InChI=1S/C22H27N2O2P.2C2H6/c1-5-22(2,27-4)21(25)26-15-14-24(3)20-12-10-19(11-13-20)18-8-6-17(16-23)7-9-18;2*1-2/h6-13,27H,5,14-15H2,1-4H3;2*1-2H3. The van der Waals surface area contributed by atoms with Gasteiger partial charge in [0.25, 0.3) is 0 Å². The number of nitrogens with zero attached hydrogens (tertiary/aromatic N) is 2. The van der Waals surface area contributed by atoms with Crippen molar-refractivity contribution < 1.29 is 9.53 Å². The monoisotopic (exact) mass is 442 g/mol. The first-order valence-corrected chi connectivity index (χ1v) is 12.6. The molecule has 0 bridgehead atoms. The van der Waals surface area contributed by atoms with Gasteiger partial charge in [-0.15, -0.1) is 8.58 Å². The Bertz CT molecular complexity index is 792. The highest BCUT2D eigenvalue weighted by molar-refractivity contribution is 7.40. The maximum Gasteiger partial charge on any atom is 0.315 e. The van der Waals surface area contributed by atoms with Gasteiger partial charge >= 0.3 is 5.97 Å². The van der Waals surface area contributed by atoms with Crippen LogP contribution in [-0.4, -0.2) is 38.0 Å². The molecule has 4 nitrogen and oxygen atoms in total. The maximum absolute atomic E-state index is 12.2. The summed E-state index contributed by atoms with van der Waals surface area (Å²) < 4.78 is 5.50. The molecule has 2 aromatic carbocycles. The van der Waals surface area contributed by atoms with E-state index in [0.29, 0.717) is 27.3 Å². The lowest BCUT2D eigenvalue weighted by atomic mass is 10.0. The van der Waals surface area contributed by atoms with Gasteiger partial charge < -0.3 is 9.64 Å². The van der Waals surface area contributed by atoms with Crippen molar-refractivity contribution in [3.63, 3.8) is 0 Å². The number of esters is 1. The van der Waals surface area contributed by atoms with Crippen LogP contribution in [0, 0.1) is 11.3 Å². The second-order valence-electron chi connectivity index (χ2n) is 6.73. The molecule has 0 amide bonds. The van der Waals surface area contributed by atoms with Gasteiger partial charge in [0.2, 0.25) is 0 Å². The fourth-order valence-electron chi connectivity index (χ4n) is 2.63. The Balaban J connectivity index is 0.00000212. The summed E-state index contributed by atoms with van der Waals surface area (Å²) in [5.41, 5.74) is 3.91. The van der Waals surface area contributed by atoms with Crippen LogP contribution in [0.15, 0.2) is 48.5 Å². The Morgan fingerprint density at radius 1 is 1.03 bits per heavy atom. The van der Waals surface area contributed by atoms with E-state index in [0.717, 1.165) is 23.2 Å². The normalized spacial score (nSPS) is 11.8. The van der Waals surface area contributed by atoms with Crippen molar-refractivity contribution in [2.24, 2.45) is 0 Å². The molecule has 0 aliphatic heterocycles. The van der Waals surface area contributed by atoms with Crippen LogP contribution in [0.2, 0.25) is 0 Å². The number of likely N-dealkylation sites (N-methyl/N-ethyl adjacent to an activating group) is 1. The molecule has 0 aliphatic carbocycles. The van der Waals surface area contributed by atoms with Gasteiger partial charge in [0.15, 0.2) is 0 Å². The van der Waals surface area contributed by atoms with Gasteiger partial charge in [-0.25, -0.2) is 0 Å². The molecule has 0 N–H and O–H groups in total. The average Bonchev–Trinajstić information content (AvgIpc) is 2.86. The molecule has 170 valence electrons. The van der Waals surface area contributed by atoms with E-state index in [1.165, 1.54) is 0 Å². The zero-order valence-corrected chi connectivity index (χ0v) is 21.5. The van der Waals surface area contributed by atoms with Crippen molar-refractivity contribution in [2.75, 3.05) is 31.8 Å². The Hall–Kier alpha value is -2.37. The molecule has 5 heteroatoms. The molecule has 2 aromatic rings. The molecule has 0 fully saturated rings. The third kappa shape index (κ3) is 8.72. The lowest BCUT2D eigenvalue weighted by Gasteiger charge is -2.25. The highest BCUT2D eigenvalue weighted by atomic mass is 31.1. The van der Waals surface area contributed by atoms with E-state index in [9.17, 15) is 4.79 Å². The Kier molecular flexibility index (Phi) is 14.3. The van der Waals surface area contributed by atoms with Crippen LogP contribution in [0.4, 0.5) is 5.69 Å². The molecular weight excluding hydrogens is 403 g/mol. The van der Waals surface area contributed by atoms with E-state index in [4.69, 9.17) is 10.00 Å². The number of carbonyl (C=O) groups excluding carboxylic acids is 1. The van der Waals surface area contributed by atoms with E-state index < -0.39 is 0 Å². The first-order valence-electron chi connectivity index (χ1n) is 11.1. The molecule has 31 heavy (non-hydrogen) atoms. The fourth-order valence-corrected chi connectivity index (χ4v) is 3.26. The summed E-state index contributed by atoms with van der Waals surface area (Å²) in [5.74, 6) is -0.101. The van der Waals surface area contributed by atoms with Gasteiger partial charge in [0.05, 0.1) is 23.3 Å². The number of hydrogen-bond acceptors (Lipinski definition) is 4. The minimum atomic E-state index is -0.360. The van der Waals surface area contributed by atoms with E-state index in [2.05, 4.69) is 35.2 Å². The number of nitriles is 1. The molecule has 0 aliphatic rings. The van der Waals surface area contributed by atoms with E-state index in [-0.39, 0.29) is 11.1 Å². The van der Waals surface area contributed by atoms with Crippen molar-refractivity contribution in [3.8, 4) is 17.2 Å². The smallest absolute Gasteiger partial charge is 0.315 e. The zero-order chi connectivity index (χ0) is 23.9. The van der Waals surface area contributed by atoms with Crippen LogP contribution in [0.5, 0.6) is 0 Å². The lowest BCUT2D eigenvalue weighted by Crippen LogP contribution is -2.33. The Labute approximate surface area is 191 Å². The van der Waals surface area contributed by atoms with Gasteiger partial charge in [0.1, 0.15) is 6.61 Å². The van der Waals surface area contributed by atoms with Crippen molar-refractivity contribution in [1.82, 2.24) is 0 Å². The van der Waals surface area contributed by atoms with E-state index in [1.54, 1.807) is 0 Å². The molecule has 0 aromatic heterocycles. The van der Waals surface area contributed by atoms with Crippen molar-refractivity contribution in [1.29, 1.82) is 5.26 Å². The molecule has 2 rings (SSSR count). The van der Waals surface area contributed by atoms with E-state index in [1.807, 2.05) is 79.5 Å². The van der Waals surface area contributed by atoms with Gasteiger partial charge in [-0.3, -0.25) is 4.79 Å². The topological polar surface area (TPSA) is 53.3 Å². The van der Waals surface area contributed by atoms with Gasteiger partial charge in [-0.1, -0.05) is 58.9 Å². The third-order valence-corrected chi connectivity index (χ3v) is 6.69. The molecule has 0 saturated heterocycles. The summed E-state index contributed by atoms with van der Waals surface area (Å²) in [6, 6.07) is 17.9. The summed E-state index contributed by atoms with van der Waals surface area (Å²) in [4.78, 5) is 14.3. The van der Waals surface area contributed by atoms with Crippen LogP contribution >= 0.6 is 8.58 Å². The summed E-state index contributed by atoms with van der Waals surface area (Å²) in [6.07, 6.45) is 0.799. The van der Waals surface area contributed by atoms with Crippen molar-refractivity contribution in [2.45, 2.75) is 53.1 Å². The summed E-state index contributed by atoms with van der Waals surface area (Å²) in [6.45, 7) is 15.1. The number of anilines is 1. The quantitative estimate of drug-likeness (QED) is 0.336. The van der Waals surface area contributed by atoms with E-state index >= 15 is 0 Å². The number of hydrogen-bond donors (Lipinski definition) is 0. The average molecular weight is 443 g/mol. The second kappa shape index (κ2) is 15.4. The van der Waals surface area contributed by atoms with Crippen LogP contribution in [0.25, 0.3) is 11.1 Å². The number of benzene rings is 2. The van der Waals surface area contributed by atoms with Crippen LogP contribution in [-0.2, 0) is 9.53 Å². The van der Waals surface area contributed by atoms with Crippen LogP contribution in [0.3, 0.4) is 0 Å². The molecule has 0 heterocycles. The predicted molar refractivity (Wildman–Crippen MR) is 136 cm³/mol. The molecule has 0 saturated carbocycles. The molecule has 0 radical (unpaired) electrons. The first kappa shape index (κ1) is 28.6. The highest BCUT2D eigenvalue weighted by Crippen LogP contribution is 2.33. The molecular formula is C26H39N2O2P. The van der Waals surface area contributed by atoms with Gasteiger partial charge in [0, 0.05) is 12.7 Å². The molecule has 2 atom stereocenters. The number of rotatable bonds is 8. The van der Waals surface area contributed by atoms with Crippen molar-refractivity contribution in [3.05, 3.63) is 54.1 Å². The summed E-state index contributed by atoms with van der Waals surface area (Å²) in [5, 5.41) is 8.53. The van der Waals surface area contributed by atoms with Gasteiger partial charge in [-0.05, 0) is 55.4 Å². The van der Waals surface area contributed by atoms with Gasteiger partial charge in [-0.2, -0.15) is 5.26 Å². The Morgan fingerprint density at radius 3 is 1.94 bits per heavy atom. The van der Waals surface area contributed by atoms with Crippen LogP contribution < -0.4 is 4.90 Å². The zero-order valence-electron chi connectivity index (χ0n) is 20.5. The molecule has 0 spiro atoms. The largest absolute Gasteiger partial charge is 0.463 e. The first-order chi connectivity index (χ1) is 14.9. The minimum Gasteiger partial charge on any atom is -0.463 e. The number of ether oxygens (including phenoxy) is 1. The number of carbonyl (C=O) groups is 1. The van der Waals surface area contributed by atoms with Crippen molar-refractivity contribution >= 4 is 20.2 Å². The fraction of sp³-hybridized carbons (Fsp3) is 0.462. The summed E-state index contributed by atoms with van der Waals surface area (Å²) >= 11 is 0. The minimum absolute atomic E-state index is 0.101.